The molecular formula is C16H13ClN6O3. The first-order chi connectivity index (χ1) is 12.5. The summed E-state index contributed by atoms with van der Waals surface area (Å²) in [5.74, 6) is 0.697. The van der Waals surface area contributed by atoms with Gasteiger partial charge in [-0.15, -0.1) is 0 Å². The van der Waals surface area contributed by atoms with Gasteiger partial charge in [0.05, 0.1) is 6.33 Å². The lowest BCUT2D eigenvalue weighted by atomic mass is 10.2. The van der Waals surface area contributed by atoms with E-state index in [9.17, 15) is 9.59 Å². The van der Waals surface area contributed by atoms with E-state index >= 15 is 0 Å². The Morgan fingerprint density at radius 1 is 1.19 bits per heavy atom. The molecule has 10 heteroatoms. The van der Waals surface area contributed by atoms with Crippen molar-refractivity contribution in [2.75, 3.05) is 0 Å². The molecule has 4 rings (SSSR count). The lowest BCUT2D eigenvalue weighted by Crippen LogP contribution is -2.37. The van der Waals surface area contributed by atoms with E-state index in [0.717, 1.165) is 10.1 Å². The molecule has 0 aliphatic heterocycles. The standard InChI is InChI=1S/C16H13ClN6O3/c1-21-14-12(15(24)22(2)16(21)25)23(8-18-14)7-11-19-13(20-26-11)9-4-3-5-10(17)6-9/h3-6,8H,7H2,1-2H3. The fourth-order valence-electron chi connectivity index (χ4n) is 2.73. The van der Waals surface area contributed by atoms with Crippen molar-refractivity contribution in [2.45, 2.75) is 6.54 Å². The van der Waals surface area contributed by atoms with Crippen LogP contribution in [0.5, 0.6) is 0 Å². The van der Waals surface area contributed by atoms with Crippen LogP contribution in [0.25, 0.3) is 22.6 Å². The largest absolute Gasteiger partial charge is 0.337 e. The minimum absolute atomic E-state index is 0.150. The van der Waals surface area contributed by atoms with Crippen LogP contribution in [0.15, 0.2) is 44.7 Å². The molecule has 0 spiro atoms. The SMILES string of the molecule is Cn1c(=O)c2c(ncn2Cc2nc(-c3cccc(Cl)c3)no2)n(C)c1=O. The third-order valence-corrected chi connectivity index (χ3v) is 4.31. The molecule has 0 saturated carbocycles. The van der Waals surface area contributed by atoms with E-state index in [0.29, 0.717) is 22.4 Å². The minimum atomic E-state index is -0.436. The average Bonchev–Trinajstić information content (AvgIpc) is 3.26. The first-order valence-electron chi connectivity index (χ1n) is 7.65. The molecule has 0 aliphatic carbocycles. The normalized spacial score (nSPS) is 11.3. The highest BCUT2D eigenvalue weighted by molar-refractivity contribution is 6.30. The Kier molecular flexibility index (Phi) is 3.73. The lowest BCUT2D eigenvalue weighted by molar-refractivity contribution is 0.372. The molecule has 0 saturated heterocycles. The number of hydrogen-bond donors (Lipinski definition) is 0. The van der Waals surface area contributed by atoms with Crippen LogP contribution in [0.1, 0.15) is 5.89 Å². The molecule has 3 aromatic heterocycles. The summed E-state index contributed by atoms with van der Waals surface area (Å²) in [5, 5.41) is 4.51. The van der Waals surface area contributed by atoms with Gasteiger partial charge in [0.25, 0.3) is 5.56 Å². The van der Waals surface area contributed by atoms with E-state index in [-0.39, 0.29) is 12.1 Å². The number of hydrogen-bond acceptors (Lipinski definition) is 6. The van der Waals surface area contributed by atoms with Crippen molar-refractivity contribution in [3.05, 3.63) is 62.3 Å². The molecule has 0 fully saturated rings. The zero-order valence-corrected chi connectivity index (χ0v) is 14.6. The van der Waals surface area contributed by atoms with Crippen molar-refractivity contribution in [1.29, 1.82) is 0 Å². The lowest BCUT2D eigenvalue weighted by Gasteiger charge is -2.04. The fourth-order valence-corrected chi connectivity index (χ4v) is 2.92. The second-order valence-electron chi connectivity index (χ2n) is 5.77. The summed E-state index contributed by atoms with van der Waals surface area (Å²) < 4.78 is 9.20. The van der Waals surface area contributed by atoms with Crippen molar-refractivity contribution in [3.63, 3.8) is 0 Å². The van der Waals surface area contributed by atoms with Gasteiger partial charge in [-0.25, -0.2) is 9.78 Å². The van der Waals surface area contributed by atoms with Crippen molar-refractivity contribution in [1.82, 2.24) is 28.8 Å². The van der Waals surface area contributed by atoms with Crippen LogP contribution < -0.4 is 11.2 Å². The van der Waals surface area contributed by atoms with E-state index in [2.05, 4.69) is 15.1 Å². The minimum Gasteiger partial charge on any atom is -0.337 e. The second kappa shape index (κ2) is 5.95. The van der Waals surface area contributed by atoms with Gasteiger partial charge in [0.2, 0.25) is 11.7 Å². The summed E-state index contributed by atoms with van der Waals surface area (Å²) in [6.07, 6.45) is 1.47. The molecular weight excluding hydrogens is 360 g/mol. The Labute approximate surface area is 151 Å². The van der Waals surface area contributed by atoms with Crippen LogP contribution in [0, 0.1) is 0 Å². The van der Waals surface area contributed by atoms with E-state index in [1.165, 1.54) is 17.9 Å². The molecule has 3 heterocycles. The number of nitrogens with zero attached hydrogens (tertiary/aromatic N) is 6. The highest BCUT2D eigenvalue weighted by Crippen LogP contribution is 2.20. The van der Waals surface area contributed by atoms with Crippen molar-refractivity contribution in [2.24, 2.45) is 14.1 Å². The van der Waals surface area contributed by atoms with Crippen LogP contribution >= 0.6 is 11.6 Å². The molecule has 26 heavy (non-hydrogen) atoms. The molecule has 0 N–H and O–H groups in total. The molecule has 0 amide bonds. The van der Waals surface area contributed by atoms with Gasteiger partial charge in [0.1, 0.15) is 6.54 Å². The zero-order chi connectivity index (χ0) is 18.4. The third kappa shape index (κ3) is 2.53. The Hall–Kier alpha value is -3.20. The summed E-state index contributed by atoms with van der Waals surface area (Å²) in [6, 6.07) is 7.10. The van der Waals surface area contributed by atoms with Gasteiger partial charge >= 0.3 is 5.69 Å². The number of aryl methyl sites for hydroxylation is 1. The molecule has 4 aromatic rings. The van der Waals surface area contributed by atoms with Crippen molar-refractivity contribution >= 4 is 22.8 Å². The third-order valence-electron chi connectivity index (χ3n) is 4.07. The highest BCUT2D eigenvalue weighted by atomic mass is 35.5. The summed E-state index contributed by atoms with van der Waals surface area (Å²) in [6.45, 7) is 0.150. The maximum Gasteiger partial charge on any atom is 0.332 e. The molecule has 1 aromatic carbocycles. The number of fused-ring (bicyclic) bond motifs is 1. The van der Waals surface area contributed by atoms with Crippen LogP contribution in [-0.4, -0.2) is 28.8 Å². The number of imidazole rings is 1. The van der Waals surface area contributed by atoms with Crippen LogP contribution in [0.4, 0.5) is 0 Å². The highest BCUT2D eigenvalue weighted by Gasteiger charge is 2.16. The van der Waals surface area contributed by atoms with Crippen LogP contribution in [0.2, 0.25) is 5.02 Å². The Morgan fingerprint density at radius 2 is 2.00 bits per heavy atom. The van der Waals surface area contributed by atoms with Crippen LogP contribution in [-0.2, 0) is 20.6 Å². The van der Waals surface area contributed by atoms with E-state index in [1.807, 2.05) is 6.07 Å². The Morgan fingerprint density at radius 3 is 2.77 bits per heavy atom. The molecule has 0 unspecified atom stereocenters. The maximum atomic E-state index is 12.4. The number of aromatic nitrogens is 6. The topological polar surface area (TPSA) is 101 Å². The quantitative estimate of drug-likeness (QED) is 0.535. The summed E-state index contributed by atoms with van der Waals surface area (Å²) in [7, 11) is 2.98. The smallest absolute Gasteiger partial charge is 0.332 e. The molecule has 0 bridgehead atoms. The average molecular weight is 373 g/mol. The van der Waals surface area contributed by atoms with E-state index in [1.54, 1.807) is 29.8 Å². The fraction of sp³-hybridized carbons (Fsp3) is 0.188. The first kappa shape index (κ1) is 16.3. The molecule has 9 nitrogen and oxygen atoms in total. The predicted octanol–water partition coefficient (Wildman–Crippen LogP) is 1.19. The van der Waals surface area contributed by atoms with Crippen molar-refractivity contribution < 1.29 is 4.52 Å². The first-order valence-corrected chi connectivity index (χ1v) is 8.03. The van der Waals surface area contributed by atoms with Gasteiger partial charge in [-0.1, -0.05) is 28.9 Å². The molecule has 0 radical (unpaired) electrons. The monoisotopic (exact) mass is 372 g/mol. The molecule has 132 valence electrons. The Bertz CT molecular complexity index is 1250. The summed E-state index contributed by atoms with van der Waals surface area (Å²) >= 11 is 5.98. The van der Waals surface area contributed by atoms with E-state index in [4.69, 9.17) is 16.1 Å². The van der Waals surface area contributed by atoms with Gasteiger partial charge in [-0.3, -0.25) is 13.9 Å². The van der Waals surface area contributed by atoms with Gasteiger partial charge in [0.15, 0.2) is 11.2 Å². The number of benzene rings is 1. The van der Waals surface area contributed by atoms with Crippen molar-refractivity contribution in [3.8, 4) is 11.4 Å². The predicted molar refractivity (Wildman–Crippen MR) is 94.1 cm³/mol. The summed E-state index contributed by atoms with van der Waals surface area (Å²) in [4.78, 5) is 32.9. The molecule has 0 atom stereocenters. The molecule has 0 aliphatic rings. The second-order valence-corrected chi connectivity index (χ2v) is 6.21. The van der Waals surface area contributed by atoms with E-state index < -0.39 is 11.2 Å². The van der Waals surface area contributed by atoms with Gasteiger partial charge < -0.3 is 9.09 Å². The maximum absolute atomic E-state index is 12.4. The van der Waals surface area contributed by atoms with Gasteiger partial charge in [0, 0.05) is 24.7 Å². The Balaban J connectivity index is 1.75. The summed E-state index contributed by atoms with van der Waals surface area (Å²) in [5.41, 5.74) is 0.440. The van der Waals surface area contributed by atoms with Gasteiger partial charge in [-0.05, 0) is 12.1 Å². The van der Waals surface area contributed by atoms with Gasteiger partial charge in [-0.2, -0.15) is 4.98 Å². The zero-order valence-electron chi connectivity index (χ0n) is 13.9. The number of rotatable bonds is 3. The van der Waals surface area contributed by atoms with Crippen LogP contribution in [0.3, 0.4) is 0 Å². The number of halogens is 1.